The lowest BCUT2D eigenvalue weighted by Gasteiger charge is -2.14. The van der Waals surface area contributed by atoms with Gasteiger partial charge in [-0.05, 0) is 11.1 Å². The fourth-order valence-corrected chi connectivity index (χ4v) is 1.64. The zero-order valence-electron chi connectivity index (χ0n) is 10.1. The van der Waals surface area contributed by atoms with Gasteiger partial charge in [0.15, 0.2) is 5.76 Å². The molecule has 0 aliphatic rings. The van der Waals surface area contributed by atoms with Gasteiger partial charge in [0, 0.05) is 11.4 Å². The van der Waals surface area contributed by atoms with Gasteiger partial charge in [-0.1, -0.05) is 29.8 Å². The summed E-state index contributed by atoms with van der Waals surface area (Å²) in [7, 11) is 1.36. The molecule has 0 aliphatic heterocycles. The first kappa shape index (κ1) is 14.0. The fraction of sp³-hybridized carbons (Fsp3) is 0.636. The van der Waals surface area contributed by atoms with Gasteiger partial charge in [-0.3, -0.25) is 4.79 Å². The fourth-order valence-electron chi connectivity index (χ4n) is 1.47. The van der Waals surface area contributed by atoms with Crippen molar-refractivity contribution in [2.45, 2.75) is 19.8 Å². The Kier molecular flexibility index (Phi) is 5.47. The zero-order chi connectivity index (χ0) is 12.8. The van der Waals surface area contributed by atoms with Gasteiger partial charge >= 0.3 is 5.97 Å². The quantitative estimate of drug-likeness (QED) is 0.596. The molecule has 0 N–H and O–H groups in total. The summed E-state index contributed by atoms with van der Waals surface area (Å²) in [6.45, 7) is 4.34. The highest BCUT2D eigenvalue weighted by Crippen LogP contribution is 2.28. The first-order chi connectivity index (χ1) is 8.10. The van der Waals surface area contributed by atoms with Crippen LogP contribution in [-0.4, -0.2) is 30.2 Å². The molecule has 1 atom stereocenters. The van der Waals surface area contributed by atoms with E-state index in [9.17, 15) is 4.79 Å². The lowest BCUT2D eigenvalue weighted by atomic mass is 9.93. The highest BCUT2D eigenvalue weighted by atomic mass is 79.9. The Balaban J connectivity index is 2.81. The van der Waals surface area contributed by atoms with Crippen molar-refractivity contribution >= 4 is 21.9 Å². The monoisotopic (exact) mass is 305 g/mol. The first-order valence-electron chi connectivity index (χ1n) is 5.33. The van der Waals surface area contributed by atoms with Gasteiger partial charge in [-0.15, -0.1) is 0 Å². The Morgan fingerprint density at radius 2 is 2.29 bits per heavy atom. The molecule has 1 unspecified atom stereocenters. The van der Waals surface area contributed by atoms with E-state index in [0.29, 0.717) is 23.6 Å². The van der Waals surface area contributed by atoms with E-state index in [1.807, 2.05) is 13.8 Å². The average Bonchev–Trinajstić information content (AvgIpc) is 2.74. The molecule has 1 heterocycles. The van der Waals surface area contributed by atoms with Crippen LogP contribution in [0.1, 0.15) is 25.5 Å². The summed E-state index contributed by atoms with van der Waals surface area (Å²) in [5.74, 6) is 0.141. The molecule has 0 saturated heterocycles. The predicted octanol–water partition coefficient (Wildman–Crippen LogP) is 2.36. The zero-order valence-corrected chi connectivity index (χ0v) is 11.7. The maximum Gasteiger partial charge on any atom is 0.316 e. The van der Waals surface area contributed by atoms with Crippen LogP contribution >= 0.6 is 15.9 Å². The van der Waals surface area contributed by atoms with Crippen molar-refractivity contribution in [3.63, 3.8) is 0 Å². The van der Waals surface area contributed by atoms with Crippen LogP contribution in [0.4, 0.5) is 0 Å². The van der Waals surface area contributed by atoms with Crippen LogP contribution in [0.25, 0.3) is 0 Å². The topological polar surface area (TPSA) is 61.6 Å². The van der Waals surface area contributed by atoms with E-state index in [1.54, 1.807) is 6.07 Å². The maximum absolute atomic E-state index is 11.6. The average molecular weight is 306 g/mol. The molecular formula is C11H16BrNO4. The van der Waals surface area contributed by atoms with Crippen LogP contribution in [0.5, 0.6) is 5.88 Å². The molecular weight excluding hydrogens is 290 g/mol. The Labute approximate surface area is 109 Å². The van der Waals surface area contributed by atoms with E-state index in [4.69, 9.17) is 14.0 Å². The third-order valence-electron chi connectivity index (χ3n) is 2.26. The number of halogens is 1. The maximum atomic E-state index is 11.6. The lowest BCUT2D eigenvalue weighted by molar-refractivity contribution is -0.144. The summed E-state index contributed by atoms with van der Waals surface area (Å²) in [4.78, 5) is 11.6. The van der Waals surface area contributed by atoms with Gasteiger partial charge in [-0.2, -0.15) is 0 Å². The van der Waals surface area contributed by atoms with E-state index < -0.39 is 5.92 Å². The Morgan fingerprint density at radius 1 is 1.59 bits per heavy atom. The number of alkyl halides is 1. The van der Waals surface area contributed by atoms with Crippen molar-refractivity contribution in [2.24, 2.45) is 5.92 Å². The second-order valence-corrected chi connectivity index (χ2v) is 4.64. The van der Waals surface area contributed by atoms with Crippen LogP contribution in [0.3, 0.4) is 0 Å². The number of ether oxygens (including phenoxy) is 2. The molecule has 0 saturated carbocycles. The standard InChI is InChI=1S/C11H16BrNO4/c1-7(2)10(11(14)15-3)8-6-9(13-17-8)16-5-4-12/h6-7,10H,4-5H2,1-3H3. The van der Waals surface area contributed by atoms with Crippen LogP contribution in [0.2, 0.25) is 0 Å². The molecule has 0 radical (unpaired) electrons. The number of carbonyl (C=O) groups is 1. The van der Waals surface area contributed by atoms with Crippen LogP contribution < -0.4 is 4.74 Å². The van der Waals surface area contributed by atoms with E-state index in [0.717, 1.165) is 0 Å². The molecule has 0 aromatic carbocycles. The molecule has 0 bridgehead atoms. The number of esters is 1. The van der Waals surface area contributed by atoms with Crippen molar-refractivity contribution in [3.05, 3.63) is 11.8 Å². The smallest absolute Gasteiger partial charge is 0.316 e. The summed E-state index contributed by atoms with van der Waals surface area (Å²) in [6, 6.07) is 1.63. The van der Waals surface area contributed by atoms with Crippen molar-refractivity contribution in [3.8, 4) is 5.88 Å². The molecule has 1 aromatic heterocycles. The van der Waals surface area contributed by atoms with E-state index in [2.05, 4.69) is 21.1 Å². The Bertz CT molecular complexity index is 364. The third kappa shape index (κ3) is 3.73. The molecule has 0 spiro atoms. The van der Waals surface area contributed by atoms with Gasteiger partial charge in [0.25, 0.3) is 5.88 Å². The summed E-state index contributed by atoms with van der Waals surface area (Å²) in [6.07, 6.45) is 0. The molecule has 0 fully saturated rings. The molecule has 0 aliphatic carbocycles. The van der Waals surface area contributed by atoms with Crippen LogP contribution in [0.15, 0.2) is 10.6 Å². The summed E-state index contributed by atoms with van der Waals surface area (Å²) in [5, 5.41) is 4.46. The number of aromatic nitrogens is 1. The number of rotatable bonds is 6. The number of nitrogens with zero attached hydrogens (tertiary/aromatic N) is 1. The highest BCUT2D eigenvalue weighted by Gasteiger charge is 2.29. The van der Waals surface area contributed by atoms with Crippen LogP contribution in [-0.2, 0) is 9.53 Å². The van der Waals surface area contributed by atoms with Crippen molar-refractivity contribution in [1.29, 1.82) is 0 Å². The number of methoxy groups -OCH3 is 1. The summed E-state index contributed by atoms with van der Waals surface area (Å²) in [5.41, 5.74) is 0. The van der Waals surface area contributed by atoms with Gasteiger partial charge in [0.1, 0.15) is 5.92 Å². The molecule has 96 valence electrons. The minimum atomic E-state index is -0.450. The largest absolute Gasteiger partial charge is 0.475 e. The van der Waals surface area contributed by atoms with Crippen molar-refractivity contribution in [1.82, 2.24) is 5.16 Å². The minimum absolute atomic E-state index is 0.0689. The Hall–Kier alpha value is -1.04. The normalized spacial score (nSPS) is 12.5. The molecule has 17 heavy (non-hydrogen) atoms. The van der Waals surface area contributed by atoms with E-state index in [-0.39, 0.29) is 11.9 Å². The first-order valence-corrected chi connectivity index (χ1v) is 6.45. The number of carbonyl (C=O) groups excluding carboxylic acids is 1. The van der Waals surface area contributed by atoms with Crippen molar-refractivity contribution < 1.29 is 18.8 Å². The molecule has 0 amide bonds. The van der Waals surface area contributed by atoms with Crippen LogP contribution in [0, 0.1) is 5.92 Å². The second kappa shape index (κ2) is 6.64. The highest BCUT2D eigenvalue weighted by molar-refractivity contribution is 9.09. The summed E-state index contributed by atoms with van der Waals surface area (Å²) < 4.78 is 15.1. The SMILES string of the molecule is COC(=O)C(c1cc(OCCBr)no1)C(C)C. The van der Waals surface area contributed by atoms with E-state index >= 15 is 0 Å². The number of hydrogen-bond acceptors (Lipinski definition) is 5. The van der Waals surface area contributed by atoms with Gasteiger partial charge in [-0.25, -0.2) is 0 Å². The molecule has 6 heteroatoms. The summed E-state index contributed by atoms with van der Waals surface area (Å²) >= 11 is 3.24. The lowest BCUT2D eigenvalue weighted by Crippen LogP contribution is -2.19. The molecule has 1 aromatic rings. The van der Waals surface area contributed by atoms with Gasteiger partial charge in [0.05, 0.1) is 13.7 Å². The Morgan fingerprint density at radius 3 is 2.82 bits per heavy atom. The van der Waals surface area contributed by atoms with Gasteiger partial charge < -0.3 is 14.0 Å². The minimum Gasteiger partial charge on any atom is -0.475 e. The van der Waals surface area contributed by atoms with Gasteiger partial charge in [0.2, 0.25) is 0 Å². The third-order valence-corrected chi connectivity index (χ3v) is 2.59. The van der Waals surface area contributed by atoms with E-state index in [1.165, 1.54) is 7.11 Å². The number of hydrogen-bond donors (Lipinski definition) is 0. The molecule has 1 rings (SSSR count). The van der Waals surface area contributed by atoms with Crippen molar-refractivity contribution in [2.75, 3.05) is 19.0 Å². The second-order valence-electron chi connectivity index (χ2n) is 3.85. The predicted molar refractivity (Wildman–Crippen MR) is 65.4 cm³/mol. The molecule has 5 nitrogen and oxygen atoms in total.